The molecule has 92 valence electrons. The van der Waals surface area contributed by atoms with Gasteiger partial charge in [-0.2, -0.15) is 0 Å². The van der Waals surface area contributed by atoms with E-state index in [1.165, 1.54) is 0 Å². The zero-order valence-electron chi connectivity index (χ0n) is 10.2. The number of hydrogen-bond donors (Lipinski definition) is 1. The third-order valence-corrected chi connectivity index (χ3v) is 4.32. The molecule has 1 atom stereocenters. The number of hydrogen-bond acceptors (Lipinski definition) is 2. The minimum atomic E-state index is 0.161. The number of halogens is 1. The molecule has 1 aromatic carbocycles. The monoisotopic (exact) mass is 344 g/mol. The van der Waals surface area contributed by atoms with Crippen LogP contribution in [0.15, 0.2) is 18.2 Å². The van der Waals surface area contributed by atoms with Crippen molar-refractivity contribution in [3.8, 4) is 0 Å². The molecule has 0 saturated carbocycles. The van der Waals surface area contributed by atoms with Crippen molar-refractivity contribution in [3.63, 3.8) is 0 Å². The Morgan fingerprint density at radius 2 is 2.29 bits per heavy atom. The fourth-order valence-electron chi connectivity index (χ4n) is 2.13. The maximum absolute atomic E-state index is 12.4. The number of rotatable bonds is 1. The summed E-state index contributed by atoms with van der Waals surface area (Å²) in [5, 5.41) is 3.35. The molecule has 1 amide bonds. The Hall–Kier alpha value is -0.620. The minimum Gasteiger partial charge on any atom is -0.336 e. The lowest BCUT2D eigenvalue weighted by molar-refractivity contribution is 0.0708. The third-order valence-electron chi connectivity index (χ3n) is 3.15. The van der Waals surface area contributed by atoms with Gasteiger partial charge in [0.1, 0.15) is 0 Å². The van der Waals surface area contributed by atoms with E-state index in [2.05, 4.69) is 34.8 Å². The first kappa shape index (κ1) is 12.8. The van der Waals surface area contributed by atoms with Gasteiger partial charge in [-0.1, -0.05) is 6.07 Å². The van der Waals surface area contributed by atoms with Crippen molar-refractivity contribution in [1.29, 1.82) is 0 Å². The standard InChI is InChI=1S/C13H17IN2O/c1-9-8-16(7-6-15-9)13(17)11-4-3-5-12(14)10(11)2/h3-5,9,15H,6-8H2,1-2H3. The van der Waals surface area contributed by atoms with Crippen molar-refractivity contribution in [2.45, 2.75) is 19.9 Å². The third kappa shape index (κ3) is 2.80. The highest BCUT2D eigenvalue weighted by Crippen LogP contribution is 2.18. The quantitative estimate of drug-likeness (QED) is 0.791. The Morgan fingerprint density at radius 1 is 1.53 bits per heavy atom. The highest BCUT2D eigenvalue weighted by Gasteiger charge is 2.22. The van der Waals surface area contributed by atoms with Gasteiger partial charge in [0.05, 0.1) is 0 Å². The second kappa shape index (κ2) is 5.35. The summed E-state index contributed by atoms with van der Waals surface area (Å²) in [4.78, 5) is 14.4. The molecule has 1 aliphatic rings. The molecule has 1 unspecified atom stereocenters. The maximum Gasteiger partial charge on any atom is 0.254 e. The number of carbonyl (C=O) groups is 1. The smallest absolute Gasteiger partial charge is 0.254 e. The van der Waals surface area contributed by atoms with Gasteiger partial charge in [0.25, 0.3) is 5.91 Å². The number of piperazine rings is 1. The van der Waals surface area contributed by atoms with Crippen molar-refractivity contribution in [2.24, 2.45) is 0 Å². The zero-order chi connectivity index (χ0) is 12.4. The lowest BCUT2D eigenvalue weighted by Gasteiger charge is -2.32. The number of amides is 1. The van der Waals surface area contributed by atoms with Crippen LogP contribution in [0.5, 0.6) is 0 Å². The Balaban J connectivity index is 2.22. The Labute approximate surface area is 116 Å². The summed E-state index contributed by atoms with van der Waals surface area (Å²) in [6.45, 7) is 6.61. The molecule has 0 bridgehead atoms. The predicted octanol–water partition coefficient (Wildman–Crippen LogP) is 2.03. The summed E-state index contributed by atoms with van der Waals surface area (Å²) in [5.41, 5.74) is 1.93. The molecule has 1 N–H and O–H groups in total. The van der Waals surface area contributed by atoms with E-state index >= 15 is 0 Å². The van der Waals surface area contributed by atoms with E-state index in [-0.39, 0.29) is 5.91 Å². The molecule has 1 aromatic rings. The first-order chi connectivity index (χ1) is 8.09. The molecule has 1 saturated heterocycles. The minimum absolute atomic E-state index is 0.161. The van der Waals surface area contributed by atoms with Crippen LogP contribution in [-0.4, -0.2) is 36.5 Å². The molecule has 0 aromatic heterocycles. The molecule has 0 spiro atoms. The summed E-state index contributed by atoms with van der Waals surface area (Å²) in [6, 6.07) is 6.29. The van der Waals surface area contributed by atoms with Gasteiger partial charge in [-0.25, -0.2) is 0 Å². The Morgan fingerprint density at radius 3 is 3.00 bits per heavy atom. The van der Waals surface area contributed by atoms with Crippen LogP contribution in [0.4, 0.5) is 0 Å². The predicted molar refractivity (Wildman–Crippen MR) is 77.3 cm³/mol. The van der Waals surface area contributed by atoms with E-state index in [4.69, 9.17) is 0 Å². The van der Waals surface area contributed by atoms with Crippen LogP contribution in [0.3, 0.4) is 0 Å². The number of carbonyl (C=O) groups excluding carboxylic acids is 1. The van der Waals surface area contributed by atoms with Crippen molar-refractivity contribution >= 4 is 28.5 Å². The van der Waals surface area contributed by atoms with Crippen molar-refractivity contribution < 1.29 is 4.79 Å². The Bertz CT molecular complexity index is 433. The lowest BCUT2D eigenvalue weighted by atomic mass is 10.1. The van der Waals surface area contributed by atoms with E-state index in [0.29, 0.717) is 6.04 Å². The van der Waals surface area contributed by atoms with Crippen LogP contribution < -0.4 is 5.32 Å². The maximum atomic E-state index is 12.4. The van der Waals surface area contributed by atoms with Gasteiger partial charge >= 0.3 is 0 Å². The normalized spacial score (nSPS) is 20.4. The highest BCUT2D eigenvalue weighted by molar-refractivity contribution is 14.1. The fraction of sp³-hybridized carbons (Fsp3) is 0.462. The van der Waals surface area contributed by atoms with Crippen LogP contribution in [0.1, 0.15) is 22.8 Å². The average molecular weight is 344 g/mol. The first-order valence-electron chi connectivity index (χ1n) is 5.87. The summed E-state index contributed by atoms with van der Waals surface area (Å²) in [6.07, 6.45) is 0. The molecule has 1 heterocycles. The van der Waals surface area contributed by atoms with Crippen LogP contribution in [0.2, 0.25) is 0 Å². The second-order valence-corrected chi connectivity index (χ2v) is 5.68. The molecule has 1 fully saturated rings. The van der Waals surface area contributed by atoms with Crippen LogP contribution in [-0.2, 0) is 0 Å². The summed E-state index contributed by atoms with van der Waals surface area (Å²) >= 11 is 2.28. The first-order valence-corrected chi connectivity index (χ1v) is 6.95. The van der Waals surface area contributed by atoms with Gasteiger partial charge in [-0.3, -0.25) is 4.79 Å². The highest BCUT2D eigenvalue weighted by atomic mass is 127. The second-order valence-electron chi connectivity index (χ2n) is 4.52. The summed E-state index contributed by atoms with van der Waals surface area (Å²) < 4.78 is 1.15. The summed E-state index contributed by atoms with van der Waals surface area (Å²) in [5.74, 6) is 0.161. The number of nitrogens with zero attached hydrogens (tertiary/aromatic N) is 1. The van der Waals surface area contributed by atoms with Crippen molar-refractivity contribution in [1.82, 2.24) is 10.2 Å². The molecule has 0 aliphatic carbocycles. The van der Waals surface area contributed by atoms with Crippen LogP contribution >= 0.6 is 22.6 Å². The van der Waals surface area contributed by atoms with E-state index in [9.17, 15) is 4.79 Å². The molecule has 17 heavy (non-hydrogen) atoms. The van der Waals surface area contributed by atoms with Crippen molar-refractivity contribution in [3.05, 3.63) is 32.9 Å². The topological polar surface area (TPSA) is 32.3 Å². The molecule has 3 nitrogen and oxygen atoms in total. The van der Waals surface area contributed by atoms with Crippen molar-refractivity contribution in [2.75, 3.05) is 19.6 Å². The van der Waals surface area contributed by atoms with E-state index < -0.39 is 0 Å². The van der Waals surface area contributed by atoms with Gasteiger partial charge in [0.2, 0.25) is 0 Å². The molecule has 2 rings (SSSR count). The van der Waals surface area contributed by atoms with Gasteiger partial charge in [0, 0.05) is 34.8 Å². The SMILES string of the molecule is Cc1c(I)cccc1C(=O)N1CCNC(C)C1. The fourth-order valence-corrected chi connectivity index (χ4v) is 2.62. The largest absolute Gasteiger partial charge is 0.336 e. The van der Waals surface area contributed by atoms with E-state index in [1.807, 2.05) is 30.0 Å². The molecule has 0 radical (unpaired) electrons. The van der Waals surface area contributed by atoms with Gasteiger partial charge in [-0.05, 0) is 54.1 Å². The number of nitrogens with one attached hydrogen (secondary N) is 1. The Kier molecular flexibility index (Phi) is 4.04. The van der Waals surface area contributed by atoms with Gasteiger partial charge < -0.3 is 10.2 Å². The summed E-state index contributed by atoms with van der Waals surface area (Å²) in [7, 11) is 0. The molecular formula is C13H17IN2O. The molecule has 4 heteroatoms. The van der Waals surface area contributed by atoms with Gasteiger partial charge in [0.15, 0.2) is 0 Å². The lowest BCUT2D eigenvalue weighted by Crippen LogP contribution is -2.51. The van der Waals surface area contributed by atoms with E-state index in [0.717, 1.165) is 34.3 Å². The van der Waals surface area contributed by atoms with E-state index in [1.54, 1.807) is 0 Å². The zero-order valence-corrected chi connectivity index (χ0v) is 12.3. The number of benzene rings is 1. The average Bonchev–Trinajstić information content (AvgIpc) is 2.32. The molecular weight excluding hydrogens is 327 g/mol. The van der Waals surface area contributed by atoms with Gasteiger partial charge in [-0.15, -0.1) is 0 Å². The molecule has 1 aliphatic heterocycles. The van der Waals surface area contributed by atoms with Crippen LogP contribution in [0, 0.1) is 10.5 Å². The van der Waals surface area contributed by atoms with Crippen LogP contribution in [0.25, 0.3) is 0 Å².